The van der Waals surface area contributed by atoms with Crippen LogP contribution in [-0.4, -0.2) is 7.11 Å². The Morgan fingerprint density at radius 1 is 1.35 bits per heavy atom. The average Bonchev–Trinajstić information content (AvgIpc) is 2.50. The fourth-order valence-corrected chi connectivity index (χ4v) is 3.31. The summed E-state index contributed by atoms with van der Waals surface area (Å²) < 4.78 is 5.27. The number of hydrogen-bond donors (Lipinski definition) is 2. The summed E-state index contributed by atoms with van der Waals surface area (Å²) in [5, 5.41) is 0.638. The molecular formula is C16H25ClN2O. The lowest BCUT2D eigenvalue weighted by atomic mass is 9.84. The predicted molar refractivity (Wildman–Crippen MR) is 83.9 cm³/mol. The first-order valence-electron chi connectivity index (χ1n) is 7.54. The smallest absolute Gasteiger partial charge is 0.137 e. The van der Waals surface area contributed by atoms with E-state index in [-0.39, 0.29) is 6.04 Å². The number of nitrogens with one attached hydrogen (secondary N) is 1. The summed E-state index contributed by atoms with van der Waals surface area (Å²) in [4.78, 5) is 0. The predicted octanol–water partition coefficient (Wildman–Crippen LogP) is 4.21. The van der Waals surface area contributed by atoms with E-state index in [4.69, 9.17) is 22.2 Å². The first-order valence-corrected chi connectivity index (χ1v) is 7.92. The van der Waals surface area contributed by atoms with Crippen molar-refractivity contribution in [2.75, 3.05) is 7.11 Å². The highest BCUT2D eigenvalue weighted by molar-refractivity contribution is 6.32. The summed E-state index contributed by atoms with van der Waals surface area (Å²) in [6.07, 6.45) is 9.23. The molecule has 1 fully saturated rings. The fourth-order valence-electron chi connectivity index (χ4n) is 3.12. The molecule has 0 spiro atoms. The molecule has 112 valence electrons. The maximum Gasteiger partial charge on any atom is 0.137 e. The van der Waals surface area contributed by atoms with Gasteiger partial charge in [0.2, 0.25) is 0 Å². The second kappa shape index (κ2) is 7.87. The number of ether oxygens (including phenoxy) is 1. The highest BCUT2D eigenvalue weighted by Crippen LogP contribution is 2.32. The van der Waals surface area contributed by atoms with E-state index in [1.54, 1.807) is 7.11 Å². The molecule has 1 aliphatic carbocycles. The number of rotatable bonds is 6. The van der Waals surface area contributed by atoms with Crippen molar-refractivity contribution in [3.8, 4) is 5.75 Å². The third-order valence-corrected chi connectivity index (χ3v) is 4.68. The van der Waals surface area contributed by atoms with Gasteiger partial charge < -0.3 is 4.74 Å². The van der Waals surface area contributed by atoms with Gasteiger partial charge in [0, 0.05) is 6.04 Å². The molecule has 4 heteroatoms. The van der Waals surface area contributed by atoms with Crippen LogP contribution >= 0.6 is 11.6 Å². The Kier molecular flexibility index (Phi) is 6.14. The molecule has 2 rings (SSSR count). The van der Waals surface area contributed by atoms with Crippen molar-refractivity contribution >= 4 is 11.6 Å². The zero-order valence-corrected chi connectivity index (χ0v) is 13.0. The molecule has 1 aromatic carbocycles. The topological polar surface area (TPSA) is 47.3 Å². The highest BCUT2D eigenvalue weighted by atomic mass is 35.5. The van der Waals surface area contributed by atoms with Crippen molar-refractivity contribution in [2.24, 2.45) is 11.8 Å². The first-order chi connectivity index (χ1) is 9.74. The number of benzene rings is 1. The molecule has 1 aliphatic rings. The Balaban J connectivity index is 1.96. The number of hydrogen-bond acceptors (Lipinski definition) is 3. The summed E-state index contributed by atoms with van der Waals surface area (Å²) in [7, 11) is 1.64. The monoisotopic (exact) mass is 296 g/mol. The molecule has 0 aliphatic heterocycles. The van der Waals surface area contributed by atoms with Crippen LogP contribution in [0.15, 0.2) is 18.2 Å². The summed E-state index contributed by atoms with van der Waals surface area (Å²) in [5.74, 6) is 7.31. The Morgan fingerprint density at radius 2 is 2.10 bits per heavy atom. The molecule has 0 aromatic heterocycles. The molecule has 20 heavy (non-hydrogen) atoms. The average molecular weight is 297 g/mol. The molecule has 0 heterocycles. The second-order valence-corrected chi connectivity index (χ2v) is 6.10. The van der Waals surface area contributed by atoms with Gasteiger partial charge in [-0.05, 0) is 36.5 Å². The van der Waals surface area contributed by atoms with Gasteiger partial charge >= 0.3 is 0 Å². The van der Waals surface area contributed by atoms with Crippen LogP contribution in [0.2, 0.25) is 5.02 Å². The van der Waals surface area contributed by atoms with E-state index >= 15 is 0 Å². The van der Waals surface area contributed by atoms with E-state index in [0.717, 1.165) is 17.9 Å². The normalized spacial score (nSPS) is 17.9. The quantitative estimate of drug-likeness (QED) is 0.610. The highest BCUT2D eigenvalue weighted by Gasteiger charge is 2.17. The van der Waals surface area contributed by atoms with Crippen LogP contribution in [0.1, 0.15) is 56.6 Å². The van der Waals surface area contributed by atoms with Crippen LogP contribution < -0.4 is 16.0 Å². The van der Waals surface area contributed by atoms with Crippen LogP contribution in [0, 0.1) is 5.92 Å². The molecule has 1 atom stereocenters. The molecule has 1 aromatic rings. The van der Waals surface area contributed by atoms with Crippen LogP contribution in [0.3, 0.4) is 0 Å². The third kappa shape index (κ3) is 4.11. The minimum absolute atomic E-state index is 0.170. The summed E-state index contributed by atoms with van der Waals surface area (Å²) in [6.45, 7) is 0. The standard InChI is InChI=1S/C16H25ClN2O/c1-20-16-11-13(8-9-14(16)17)15(19-18)10-7-12-5-3-2-4-6-12/h8-9,11-12,15,19H,2-7,10,18H2,1H3. The van der Waals surface area contributed by atoms with E-state index < -0.39 is 0 Å². The number of hydrazine groups is 1. The van der Waals surface area contributed by atoms with Crippen LogP contribution in [0.5, 0.6) is 5.75 Å². The molecular weight excluding hydrogens is 272 g/mol. The van der Waals surface area contributed by atoms with Crippen molar-refractivity contribution < 1.29 is 4.74 Å². The van der Waals surface area contributed by atoms with Crippen molar-refractivity contribution in [2.45, 2.75) is 51.0 Å². The summed E-state index contributed by atoms with van der Waals surface area (Å²) >= 11 is 6.07. The van der Waals surface area contributed by atoms with Crippen molar-refractivity contribution in [3.63, 3.8) is 0 Å². The van der Waals surface area contributed by atoms with E-state index in [9.17, 15) is 0 Å². The molecule has 1 unspecified atom stereocenters. The SMILES string of the molecule is COc1cc(C(CCC2CCCCC2)NN)ccc1Cl. The Bertz CT molecular complexity index is 419. The van der Waals surface area contributed by atoms with E-state index in [2.05, 4.69) is 5.43 Å². The van der Waals surface area contributed by atoms with E-state index in [0.29, 0.717) is 10.8 Å². The Morgan fingerprint density at radius 3 is 2.75 bits per heavy atom. The number of methoxy groups -OCH3 is 1. The molecule has 0 bridgehead atoms. The van der Waals surface area contributed by atoms with Crippen molar-refractivity contribution in [3.05, 3.63) is 28.8 Å². The molecule has 1 saturated carbocycles. The molecule has 0 radical (unpaired) electrons. The lowest BCUT2D eigenvalue weighted by molar-refractivity contribution is 0.314. The maximum absolute atomic E-state index is 6.07. The van der Waals surface area contributed by atoms with Gasteiger partial charge in [-0.1, -0.05) is 49.8 Å². The Hall–Kier alpha value is -0.770. The fraction of sp³-hybridized carbons (Fsp3) is 0.625. The van der Waals surface area contributed by atoms with E-state index in [1.165, 1.54) is 38.5 Å². The minimum Gasteiger partial charge on any atom is -0.495 e. The van der Waals surface area contributed by atoms with Crippen LogP contribution in [0.25, 0.3) is 0 Å². The lowest BCUT2D eigenvalue weighted by Gasteiger charge is -2.24. The summed E-state index contributed by atoms with van der Waals surface area (Å²) in [6, 6.07) is 6.05. The van der Waals surface area contributed by atoms with Crippen LogP contribution in [0.4, 0.5) is 0 Å². The van der Waals surface area contributed by atoms with Crippen molar-refractivity contribution in [1.82, 2.24) is 5.43 Å². The minimum atomic E-state index is 0.170. The maximum atomic E-state index is 6.07. The zero-order valence-electron chi connectivity index (χ0n) is 12.2. The zero-order chi connectivity index (χ0) is 14.4. The number of halogens is 1. The molecule has 3 N–H and O–H groups in total. The molecule has 0 saturated heterocycles. The van der Waals surface area contributed by atoms with E-state index in [1.807, 2.05) is 18.2 Å². The van der Waals surface area contributed by atoms with Gasteiger partial charge in [0.15, 0.2) is 0 Å². The third-order valence-electron chi connectivity index (χ3n) is 4.37. The van der Waals surface area contributed by atoms with Gasteiger partial charge in [-0.15, -0.1) is 0 Å². The Labute approximate surface area is 126 Å². The lowest BCUT2D eigenvalue weighted by Crippen LogP contribution is -2.28. The molecule has 3 nitrogen and oxygen atoms in total. The van der Waals surface area contributed by atoms with Crippen LogP contribution in [-0.2, 0) is 0 Å². The van der Waals surface area contributed by atoms with Gasteiger partial charge in [-0.3, -0.25) is 11.3 Å². The number of nitrogens with two attached hydrogens (primary N) is 1. The van der Waals surface area contributed by atoms with Gasteiger partial charge in [0.25, 0.3) is 0 Å². The van der Waals surface area contributed by atoms with Gasteiger partial charge in [0.05, 0.1) is 12.1 Å². The molecule has 0 amide bonds. The second-order valence-electron chi connectivity index (χ2n) is 5.69. The van der Waals surface area contributed by atoms with Gasteiger partial charge in [-0.25, -0.2) is 0 Å². The van der Waals surface area contributed by atoms with Crippen molar-refractivity contribution in [1.29, 1.82) is 0 Å². The van der Waals surface area contributed by atoms with Gasteiger partial charge in [-0.2, -0.15) is 0 Å². The first kappa shape index (κ1) is 15.6. The van der Waals surface area contributed by atoms with Gasteiger partial charge in [0.1, 0.15) is 5.75 Å². The summed E-state index contributed by atoms with van der Waals surface area (Å²) in [5.41, 5.74) is 4.07. The largest absolute Gasteiger partial charge is 0.495 e.